The van der Waals surface area contributed by atoms with Gasteiger partial charge in [0.05, 0.1) is 0 Å². The van der Waals surface area contributed by atoms with Crippen molar-refractivity contribution in [2.45, 2.75) is 51.6 Å². The average molecular weight is 377 g/mol. The Bertz CT molecular complexity index is 1020. The summed E-state index contributed by atoms with van der Waals surface area (Å²) >= 11 is 0. The van der Waals surface area contributed by atoms with Crippen LogP contribution in [0.25, 0.3) is 22.1 Å². The van der Waals surface area contributed by atoms with Crippen LogP contribution in [-0.4, -0.2) is 17.4 Å². The van der Waals surface area contributed by atoms with E-state index in [1.807, 2.05) is 42.5 Å². The third-order valence-electron chi connectivity index (χ3n) is 5.67. The molecule has 4 heteroatoms. The zero-order valence-electron chi connectivity index (χ0n) is 16.5. The van der Waals surface area contributed by atoms with Gasteiger partial charge in [0.15, 0.2) is 11.4 Å². The fourth-order valence-corrected chi connectivity index (χ4v) is 4.10. The smallest absolute Gasteiger partial charge is 0.234 e. The van der Waals surface area contributed by atoms with Crippen LogP contribution in [0, 0.1) is 0 Å². The molecule has 0 amide bonds. The van der Waals surface area contributed by atoms with Gasteiger partial charge in [-0.05, 0) is 36.1 Å². The molecule has 146 valence electrons. The Morgan fingerprint density at radius 3 is 2.64 bits per heavy atom. The molecule has 0 aliphatic heterocycles. The van der Waals surface area contributed by atoms with Crippen molar-refractivity contribution in [3.05, 3.63) is 53.8 Å². The first kappa shape index (κ1) is 18.8. The van der Waals surface area contributed by atoms with Gasteiger partial charge >= 0.3 is 0 Å². The summed E-state index contributed by atoms with van der Waals surface area (Å²) < 4.78 is 6.03. The van der Waals surface area contributed by atoms with Gasteiger partial charge in [0.25, 0.3) is 0 Å². The summed E-state index contributed by atoms with van der Waals surface area (Å²) in [6.07, 6.45) is 4.32. The highest BCUT2D eigenvalue weighted by Crippen LogP contribution is 2.48. The van der Waals surface area contributed by atoms with Crippen LogP contribution in [0.3, 0.4) is 0 Å². The minimum atomic E-state index is -1.52. The molecule has 1 heterocycles. The van der Waals surface area contributed by atoms with Gasteiger partial charge in [-0.1, -0.05) is 57.4 Å². The van der Waals surface area contributed by atoms with Crippen molar-refractivity contribution in [1.82, 2.24) is 0 Å². The third kappa shape index (κ3) is 2.92. The maximum Gasteiger partial charge on any atom is 0.234 e. The van der Waals surface area contributed by atoms with Crippen molar-refractivity contribution in [3.8, 4) is 11.1 Å². The number of nitrogens with one attached hydrogen (secondary N) is 1. The molecular formula is C24H27NO3. The Kier molecular flexibility index (Phi) is 4.98. The third-order valence-corrected chi connectivity index (χ3v) is 5.67. The molecule has 1 aromatic heterocycles. The molecule has 0 spiro atoms. The monoisotopic (exact) mass is 377 g/mol. The van der Waals surface area contributed by atoms with Crippen molar-refractivity contribution < 1.29 is 14.3 Å². The standard InChI is InChI=1S/C24H27NO3/c1-3-5-13-24(27)19-10-8-7-9-17(19)21-18-12-11-16(25-14-6-4-2)15-20(18)28-22(21)23(24)26/h7-12,15,25,27H,3-6,13-14H2,1-2H3. The van der Waals surface area contributed by atoms with Gasteiger partial charge in [-0.25, -0.2) is 0 Å². The van der Waals surface area contributed by atoms with Gasteiger partial charge < -0.3 is 14.8 Å². The maximum absolute atomic E-state index is 13.3. The van der Waals surface area contributed by atoms with E-state index in [0.29, 0.717) is 17.6 Å². The SMILES string of the molecule is CCCCNc1ccc2c3c(oc2c1)C(=O)C(O)(CCCC)c1ccccc1-3. The number of ketones is 1. The fourth-order valence-electron chi connectivity index (χ4n) is 4.10. The number of carbonyl (C=O) groups is 1. The number of furan rings is 1. The van der Waals surface area contributed by atoms with E-state index in [1.54, 1.807) is 0 Å². The number of hydrogen-bond acceptors (Lipinski definition) is 4. The lowest BCUT2D eigenvalue weighted by molar-refractivity contribution is 0.0209. The van der Waals surface area contributed by atoms with Gasteiger partial charge in [-0.3, -0.25) is 4.79 Å². The van der Waals surface area contributed by atoms with Crippen LogP contribution in [0.4, 0.5) is 5.69 Å². The molecule has 3 aromatic rings. The Morgan fingerprint density at radius 1 is 1.07 bits per heavy atom. The molecule has 0 bridgehead atoms. The summed E-state index contributed by atoms with van der Waals surface area (Å²) in [6.45, 7) is 5.12. The zero-order chi connectivity index (χ0) is 19.7. The van der Waals surface area contributed by atoms with E-state index >= 15 is 0 Å². The summed E-state index contributed by atoms with van der Waals surface area (Å²) in [5.41, 5.74) is 2.52. The van der Waals surface area contributed by atoms with Crippen LogP contribution >= 0.6 is 0 Å². The number of unbranched alkanes of at least 4 members (excludes halogenated alkanes) is 2. The predicted octanol–water partition coefficient (Wildman–Crippen LogP) is 5.89. The Balaban J connectivity index is 1.84. The minimum Gasteiger partial charge on any atom is -0.452 e. The second-order valence-electron chi connectivity index (χ2n) is 7.64. The van der Waals surface area contributed by atoms with Gasteiger partial charge in [0.1, 0.15) is 5.58 Å². The van der Waals surface area contributed by atoms with Crippen LogP contribution in [-0.2, 0) is 5.60 Å². The predicted molar refractivity (Wildman–Crippen MR) is 113 cm³/mol. The van der Waals surface area contributed by atoms with E-state index in [4.69, 9.17) is 4.42 Å². The van der Waals surface area contributed by atoms with Crippen molar-refractivity contribution >= 4 is 22.4 Å². The summed E-state index contributed by atoms with van der Waals surface area (Å²) in [5, 5.41) is 15.7. The molecule has 0 saturated heterocycles. The molecule has 2 aromatic carbocycles. The number of anilines is 1. The summed E-state index contributed by atoms with van der Waals surface area (Å²) in [4.78, 5) is 13.3. The molecule has 1 aliphatic rings. The maximum atomic E-state index is 13.3. The largest absolute Gasteiger partial charge is 0.452 e. The van der Waals surface area contributed by atoms with Gasteiger partial charge in [0, 0.05) is 29.2 Å². The number of carbonyl (C=O) groups excluding carboxylic acids is 1. The van der Waals surface area contributed by atoms with Crippen molar-refractivity contribution in [1.29, 1.82) is 0 Å². The lowest BCUT2D eigenvalue weighted by atomic mass is 9.74. The number of fused-ring (bicyclic) bond motifs is 5. The molecular weight excluding hydrogens is 350 g/mol. The van der Waals surface area contributed by atoms with E-state index in [9.17, 15) is 9.90 Å². The zero-order valence-corrected chi connectivity index (χ0v) is 16.5. The first-order valence-corrected chi connectivity index (χ1v) is 10.3. The highest BCUT2D eigenvalue weighted by molar-refractivity contribution is 6.16. The fraction of sp³-hybridized carbons (Fsp3) is 0.375. The normalized spacial score (nSPS) is 18.2. The van der Waals surface area contributed by atoms with E-state index in [2.05, 4.69) is 19.2 Å². The molecule has 2 N–H and O–H groups in total. The number of rotatable bonds is 7. The molecule has 0 fully saturated rings. The summed E-state index contributed by atoms with van der Waals surface area (Å²) in [7, 11) is 0. The molecule has 4 nitrogen and oxygen atoms in total. The molecule has 1 unspecified atom stereocenters. The summed E-state index contributed by atoms with van der Waals surface area (Å²) in [6, 6.07) is 13.6. The Hall–Kier alpha value is -2.59. The van der Waals surface area contributed by atoms with Gasteiger partial charge in [-0.2, -0.15) is 0 Å². The van der Waals surface area contributed by atoms with Crippen molar-refractivity contribution in [2.24, 2.45) is 0 Å². The number of benzene rings is 2. The Labute approximate surface area is 165 Å². The highest BCUT2D eigenvalue weighted by Gasteiger charge is 2.47. The molecule has 4 rings (SSSR count). The van der Waals surface area contributed by atoms with E-state index < -0.39 is 5.60 Å². The van der Waals surface area contributed by atoms with Crippen LogP contribution < -0.4 is 5.32 Å². The highest BCUT2D eigenvalue weighted by atomic mass is 16.4. The topological polar surface area (TPSA) is 62.5 Å². The van der Waals surface area contributed by atoms with Crippen LogP contribution in [0.15, 0.2) is 46.9 Å². The lowest BCUT2D eigenvalue weighted by Gasteiger charge is -2.32. The van der Waals surface area contributed by atoms with Gasteiger partial charge in [0.2, 0.25) is 5.78 Å². The second kappa shape index (κ2) is 7.44. The second-order valence-corrected chi connectivity index (χ2v) is 7.64. The lowest BCUT2D eigenvalue weighted by Crippen LogP contribution is -2.38. The first-order chi connectivity index (χ1) is 13.6. The number of hydrogen-bond donors (Lipinski definition) is 2. The van der Waals surface area contributed by atoms with Crippen LogP contribution in [0.1, 0.15) is 62.1 Å². The minimum absolute atomic E-state index is 0.276. The van der Waals surface area contributed by atoms with Crippen molar-refractivity contribution in [2.75, 3.05) is 11.9 Å². The van der Waals surface area contributed by atoms with E-state index in [1.165, 1.54) is 0 Å². The van der Waals surface area contributed by atoms with E-state index in [-0.39, 0.29) is 11.5 Å². The average Bonchev–Trinajstić information content (AvgIpc) is 3.10. The Morgan fingerprint density at radius 2 is 1.86 bits per heavy atom. The molecule has 1 atom stereocenters. The quantitative estimate of drug-likeness (QED) is 0.504. The van der Waals surface area contributed by atoms with Crippen molar-refractivity contribution in [3.63, 3.8) is 0 Å². The number of aliphatic hydroxyl groups is 1. The number of Topliss-reactive ketones (excluding diaryl/α,β-unsaturated/α-hetero) is 1. The molecule has 28 heavy (non-hydrogen) atoms. The van der Waals surface area contributed by atoms with Gasteiger partial charge in [-0.15, -0.1) is 0 Å². The van der Waals surface area contributed by atoms with E-state index in [0.717, 1.165) is 54.4 Å². The molecule has 0 saturated carbocycles. The molecule has 1 aliphatic carbocycles. The van der Waals surface area contributed by atoms with Crippen LogP contribution in [0.5, 0.6) is 0 Å². The molecule has 0 radical (unpaired) electrons. The first-order valence-electron chi connectivity index (χ1n) is 10.3. The van der Waals surface area contributed by atoms with Crippen LogP contribution in [0.2, 0.25) is 0 Å². The summed E-state index contributed by atoms with van der Waals surface area (Å²) in [5.74, 6) is -0.0515.